The van der Waals surface area contributed by atoms with Gasteiger partial charge in [-0.15, -0.1) is 0 Å². The first-order valence-corrected chi connectivity index (χ1v) is 7.27. The molecule has 0 bridgehead atoms. The van der Waals surface area contributed by atoms with Crippen LogP contribution in [0.5, 0.6) is 0 Å². The Hall–Kier alpha value is 0.400. The summed E-state index contributed by atoms with van der Waals surface area (Å²) in [7, 11) is 0. The summed E-state index contributed by atoms with van der Waals surface area (Å²) in [6.45, 7) is 7.42. The van der Waals surface area contributed by atoms with E-state index in [-0.39, 0.29) is 0 Å². The molecular formula is C12H24BrNO. The molecule has 1 aliphatic carbocycles. The van der Waals surface area contributed by atoms with Gasteiger partial charge >= 0.3 is 0 Å². The molecule has 3 heteroatoms. The average molecular weight is 278 g/mol. The first-order valence-electron chi connectivity index (χ1n) is 6.15. The Morgan fingerprint density at radius 3 is 2.53 bits per heavy atom. The van der Waals surface area contributed by atoms with Crippen molar-refractivity contribution in [1.82, 2.24) is 4.90 Å². The Balaban J connectivity index is 2.16. The van der Waals surface area contributed by atoms with Crippen molar-refractivity contribution in [2.45, 2.75) is 51.7 Å². The van der Waals surface area contributed by atoms with E-state index in [1.54, 1.807) is 0 Å². The molecule has 0 radical (unpaired) electrons. The van der Waals surface area contributed by atoms with Gasteiger partial charge in [-0.3, -0.25) is 4.90 Å². The lowest BCUT2D eigenvalue weighted by Crippen LogP contribution is -2.42. The number of hydrogen-bond acceptors (Lipinski definition) is 2. The molecule has 0 aromatic rings. The van der Waals surface area contributed by atoms with Crippen LogP contribution in [0.15, 0.2) is 0 Å². The van der Waals surface area contributed by atoms with Gasteiger partial charge in [0.15, 0.2) is 0 Å². The maximum absolute atomic E-state index is 5.62. The van der Waals surface area contributed by atoms with Gasteiger partial charge in [-0.1, -0.05) is 22.4 Å². The van der Waals surface area contributed by atoms with Gasteiger partial charge < -0.3 is 4.74 Å². The second-order valence-corrected chi connectivity index (χ2v) is 5.38. The normalized spacial score (nSPS) is 17.4. The fraction of sp³-hybridized carbons (Fsp3) is 1.00. The first kappa shape index (κ1) is 13.5. The largest absolute Gasteiger partial charge is 0.377 e. The smallest absolute Gasteiger partial charge is 0.0597 e. The predicted octanol–water partition coefficient (Wildman–Crippen LogP) is 3.05. The topological polar surface area (TPSA) is 12.5 Å². The van der Waals surface area contributed by atoms with Crippen molar-refractivity contribution in [1.29, 1.82) is 0 Å². The van der Waals surface area contributed by atoms with Crippen molar-refractivity contribution in [2.75, 3.05) is 25.0 Å². The van der Waals surface area contributed by atoms with E-state index in [4.69, 9.17) is 4.74 Å². The zero-order valence-electron chi connectivity index (χ0n) is 10.0. The van der Waals surface area contributed by atoms with Crippen molar-refractivity contribution < 1.29 is 4.74 Å². The second kappa shape index (κ2) is 7.64. The molecule has 0 heterocycles. The Morgan fingerprint density at radius 2 is 2.07 bits per heavy atom. The van der Waals surface area contributed by atoms with Crippen LogP contribution in [0.3, 0.4) is 0 Å². The second-order valence-electron chi connectivity index (χ2n) is 4.58. The van der Waals surface area contributed by atoms with Crippen LogP contribution < -0.4 is 0 Å². The summed E-state index contributed by atoms with van der Waals surface area (Å²) in [5.74, 6) is 0. The molecule has 0 aromatic carbocycles. The molecule has 0 spiro atoms. The molecule has 0 N–H and O–H groups in total. The highest BCUT2D eigenvalue weighted by molar-refractivity contribution is 9.09. The minimum Gasteiger partial charge on any atom is -0.377 e. The van der Waals surface area contributed by atoms with E-state index in [1.165, 1.54) is 32.2 Å². The van der Waals surface area contributed by atoms with E-state index in [0.717, 1.165) is 24.5 Å². The van der Waals surface area contributed by atoms with E-state index in [2.05, 4.69) is 34.7 Å². The lowest BCUT2D eigenvalue weighted by atomic mass is 9.91. The SMILES string of the molecule is CC(C)OCCN(CCCBr)C1CCC1. The highest BCUT2D eigenvalue weighted by Gasteiger charge is 2.23. The first-order chi connectivity index (χ1) is 7.24. The summed E-state index contributed by atoms with van der Waals surface area (Å²) in [5.41, 5.74) is 0. The van der Waals surface area contributed by atoms with E-state index >= 15 is 0 Å². The number of ether oxygens (including phenoxy) is 1. The van der Waals surface area contributed by atoms with Gasteiger partial charge in [0.2, 0.25) is 0 Å². The molecule has 90 valence electrons. The highest BCUT2D eigenvalue weighted by atomic mass is 79.9. The quantitative estimate of drug-likeness (QED) is 0.633. The molecule has 2 nitrogen and oxygen atoms in total. The van der Waals surface area contributed by atoms with E-state index in [1.807, 2.05) is 0 Å². The molecule has 1 aliphatic rings. The van der Waals surface area contributed by atoms with Crippen LogP contribution in [0.25, 0.3) is 0 Å². The van der Waals surface area contributed by atoms with Gasteiger partial charge in [0.05, 0.1) is 12.7 Å². The molecule has 1 saturated carbocycles. The minimum atomic E-state index is 0.365. The summed E-state index contributed by atoms with van der Waals surface area (Å²) < 4.78 is 5.62. The monoisotopic (exact) mass is 277 g/mol. The van der Waals surface area contributed by atoms with Gasteiger partial charge in [-0.2, -0.15) is 0 Å². The van der Waals surface area contributed by atoms with E-state index in [9.17, 15) is 0 Å². The molecular weight excluding hydrogens is 254 g/mol. The molecule has 1 rings (SSSR count). The molecule has 0 unspecified atom stereocenters. The van der Waals surface area contributed by atoms with Crippen LogP contribution in [-0.2, 0) is 4.74 Å². The number of nitrogens with zero attached hydrogens (tertiary/aromatic N) is 1. The standard InChI is InChI=1S/C12H24BrNO/c1-11(2)15-10-9-14(8-4-7-13)12-5-3-6-12/h11-12H,3-10H2,1-2H3. The van der Waals surface area contributed by atoms with Crippen LogP contribution >= 0.6 is 15.9 Å². The van der Waals surface area contributed by atoms with Crippen LogP contribution in [-0.4, -0.2) is 42.1 Å². The van der Waals surface area contributed by atoms with E-state index < -0.39 is 0 Å². The number of halogens is 1. The van der Waals surface area contributed by atoms with Crippen LogP contribution in [0.2, 0.25) is 0 Å². The van der Waals surface area contributed by atoms with Crippen LogP contribution in [0, 0.1) is 0 Å². The zero-order valence-corrected chi connectivity index (χ0v) is 11.6. The molecule has 0 saturated heterocycles. The predicted molar refractivity (Wildman–Crippen MR) is 68.7 cm³/mol. The summed E-state index contributed by atoms with van der Waals surface area (Å²) >= 11 is 3.50. The summed E-state index contributed by atoms with van der Waals surface area (Å²) in [6, 6.07) is 0.847. The summed E-state index contributed by atoms with van der Waals surface area (Å²) in [4.78, 5) is 2.60. The van der Waals surface area contributed by atoms with Crippen molar-refractivity contribution in [2.24, 2.45) is 0 Å². The lowest BCUT2D eigenvalue weighted by molar-refractivity contribution is 0.0360. The highest BCUT2D eigenvalue weighted by Crippen LogP contribution is 2.24. The van der Waals surface area contributed by atoms with Gasteiger partial charge in [-0.25, -0.2) is 0 Å². The third-order valence-electron chi connectivity index (χ3n) is 3.00. The Morgan fingerprint density at radius 1 is 1.33 bits per heavy atom. The molecule has 15 heavy (non-hydrogen) atoms. The molecule has 0 aliphatic heterocycles. The van der Waals surface area contributed by atoms with Gasteiger partial charge in [0.25, 0.3) is 0 Å². The molecule has 0 amide bonds. The third kappa shape index (κ3) is 5.32. The van der Waals surface area contributed by atoms with Crippen molar-refractivity contribution in [3.63, 3.8) is 0 Å². The van der Waals surface area contributed by atoms with Crippen molar-refractivity contribution in [3.8, 4) is 0 Å². The summed E-state index contributed by atoms with van der Waals surface area (Å²) in [6.07, 6.45) is 5.82. The van der Waals surface area contributed by atoms with Crippen LogP contribution in [0.4, 0.5) is 0 Å². The molecule has 1 fully saturated rings. The van der Waals surface area contributed by atoms with Crippen LogP contribution in [0.1, 0.15) is 39.5 Å². The molecule has 0 atom stereocenters. The maximum Gasteiger partial charge on any atom is 0.0597 e. The minimum absolute atomic E-state index is 0.365. The van der Waals surface area contributed by atoms with Crippen molar-refractivity contribution in [3.05, 3.63) is 0 Å². The fourth-order valence-electron chi connectivity index (χ4n) is 1.90. The lowest BCUT2D eigenvalue weighted by Gasteiger charge is -2.37. The van der Waals surface area contributed by atoms with E-state index in [0.29, 0.717) is 6.10 Å². The summed E-state index contributed by atoms with van der Waals surface area (Å²) in [5, 5.41) is 1.11. The average Bonchev–Trinajstić information content (AvgIpc) is 2.10. The number of hydrogen-bond donors (Lipinski definition) is 0. The van der Waals surface area contributed by atoms with Gasteiger partial charge in [0.1, 0.15) is 0 Å². The number of alkyl halides is 1. The Bertz CT molecular complexity index is 160. The van der Waals surface area contributed by atoms with Crippen molar-refractivity contribution >= 4 is 15.9 Å². The Labute approximate surface area is 102 Å². The fourth-order valence-corrected chi connectivity index (χ4v) is 2.15. The number of rotatable bonds is 8. The van der Waals surface area contributed by atoms with Gasteiger partial charge in [0, 0.05) is 17.9 Å². The molecule has 0 aromatic heterocycles. The third-order valence-corrected chi connectivity index (χ3v) is 3.56. The zero-order chi connectivity index (χ0) is 11.1. The van der Waals surface area contributed by atoms with Gasteiger partial charge in [-0.05, 0) is 39.7 Å². The maximum atomic E-state index is 5.62. The Kier molecular flexibility index (Phi) is 6.86.